The van der Waals surface area contributed by atoms with Gasteiger partial charge in [0.05, 0.1) is 0 Å². The Balaban J connectivity index is 2.22. The number of piperidine rings is 1. The number of hydrogen-bond donors (Lipinski definition) is 2. The zero-order valence-corrected chi connectivity index (χ0v) is 8.66. The Bertz CT molecular complexity index is 270. The molecule has 1 fully saturated rings. The highest BCUT2D eigenvalue weighted by molar-refractivity contribution is 7.10. The lowest BCUT2D eigenvalue weighted by molar-refractivity contribution is 0.426. The molecule has 2 heterocycles. The average Bonchev–Trinajstić information content (AvgIpc) is 2.48. The van der Waals surface area contributed by atoms with Crippen molar-refractivity contribution in [2.24, 2.45) is 0 Å². The Labute approximate surface area is 82.6 Å². The molecule has 0 aliphatic carbocycles. The molecule has 2 nitrogen and oxygen atoms in total. The number of thiophene rings is 1. The number of aromatic hydroxyl groups is 1. The van der Waals surface area contributed by atoms with Crippen molar-refractivity contribution in [2.75, 3.05) is 13.1 Å². The van der Waals surface area contributed by atoms with Gasteiger partial charge in [0, 0.05) is 15.8 Å². The summed E-state index contributed by atoms with van der Waals surface area (Å²) in [6, 6.07) is 0. The predicted octanol–water partition coefficient (Wildman–Crippen LogP) is 2.23. The van der Waals surface area contributed by atoms with E-state index in [1.54, 1.807) is 11.3 Å². The van der Waals surface area contributed by atoms with Crippen LogP contribution in [0.1, 0.15) is 29.2 Å². The van der Waals surface area contributed by atoms with E-state index >= 15 is 0 Å². The van der Waals surface area contributed by atoms with E-state index in [0.29, 0.717) is 11.7 Å². The maximum Gasteiger partial charge on any atom is 0.129 e. The van der Waals surface area contributed by atoms with Crippen LogP contribution in [0.25, 0.3) is 0 Å². The molecule has 1 aromatic heterocycles. The summed E-state index contributed by atoms with van der Waals surface area (Å²) in [5.41, 5.74) is 1.20. The van der Waals surface area contributed by atoms with Gasteiger partial charge in [-0.3, -0.25) is 0 Å². The van der Waals surface area contributed by atoms with E-state index in [1.807, 2.05) is 5.38 Å². The Morgan fingerprint density at radius 3 is 2.69 bits per heavy atom. The minimum atomic E-state index is 0.509. The number of aryl methyl sites for hydroxylation is 1. The van der Waals surface area contributed by atoms with E-state index in [4.69, 9.17) is 0 Å². The fourth-order valence-corrected chi connectivity index (χ4v) is 2.87. The van der Waals surface area contributed by atoms with Gasteiger partial charge in [-0.2, -0.15) is 0 Å². The molecule has 0 amide bonds. The van der Waals surface area contributed by atoms with E-state index < -0.39 is 0 Å². The van der Waals surface area contributed by atoms with Crippen LogP contribution >= 0.6 is 11.3 Å². The highest BCUT2D eigenvalue weighted by Crippen LogP contribution is 2.38. The second-order valence-corrected chi connectivity index (χ2v) is 4.70. The van der Waals surface area contributed by atoms with Crippen molar-refractivity contribution in [3.05, 3.63) is 15.8 Å². The first-order valence-corrected chi connectivity index (χ1v) is 5.64. The van der Waals surface area contributed by atoms with Gasteiger partial charge in [0.15, 0.2) is 0 Å². The molecular weight excluding hydrogens is 182 g/mol. The van der Waals surface area contributed by atoms with Gasteiger partial charge < -0.3 is 10.4 Å². The maximum absolute atomic E-state index is 9.67. The number of hydrogen-bond acceptors (Lipinski definition) is 3. The normalized spacial score (nSPS) is 19.2. The van der Waals surface area contributed by atoms with E-state index in [1.165, 1.54) is 10.4 Å². The summed E-state index contributed by atoms with van der Waals surface area (Å²) in [4.78, 5) is 1.28. The van der Waals surface area contributed by atoms with Gasteiger partial charge in [0.2, 0.25) is 0 Å². The smallest absolute Gasteiger partial charge is 0.129 e. The van der Waals surface area contributed by atoms with Gasteiger partial charge in [0.1, 0.15) is 5.75 Å². The molecule has 2 N–H and O–H groups in total. The highest BCUT2D eigenvalue weighted by atomic mass is 32.1. The molecule has 0 bridgehead atoms. The molecule has 0 unspecified atom stereocenters. The fourth-order valence-electron chi connectivity index (χ4n) is 2.06. The second kappa shape index (κ2) is 3.68. The van der Waals surface area contributed by atoms with E-state index in [-0.39, 0.29) is 0 Å². The van der Waals surface area contributed by atoms with Crippen LogP contribution in [-0.4, -0.2) is 18.2 Å². The molecule has 0 spiro atoms. The second-order valence-electron chi connectivity index (χ2n) is 3.62. The summed E-state index contributed by atoms with van der Waals surface area (Å²) in [7, 11) is 0. The lowest BCUT2D eigenvalue weighted by atomic mass is 9.90. The molecule has 72 valence electrons. The van der Waals surface area contributed by atoms with Crippen LogP contribution in [0.15, 0.2) is 5.38 Å². The first-order valence-electron chi connectivity index (χ1n) is 4.76. The van der Waals surface area contributed by atoms with Crippen LogP contribution in [0.2, 0.25) is 0 Å². The minimum Gasteiger partial charge on any atom is -0.507 e. The Morgan fingerprint density at radius 2 is 2.15 bits per heavy atom. The largest absolute Gasteiger partial charge is 0.507 e. The maximum atomic E-state index is 9.67. The minimum absolute atomic E-state index is 0.509. The van der Waals surface area contributed by atoms with Crippen molar-refractivity contribution in [1.82, 2.24) is 5.32 Å². The molecule has 0 atom stereocenters. The van der Waals surface area contributed by atoms with Gasteiger partial charge in [-0.25, -0.2) is 0 Å². The number of rotatable bonds is 1. The number of nitrogens with one attached hydrogen (secondary N) is 1. The summed E-state index contributed by atoms with van der Waals surface area (Å²) in [5, 5.41) is 14.9. The third-order valence-electron chi connectivity index (χ3n) is 2.75. The van der Waals surface area contributed by atoms with E-state index in [9.17, 15) is 5.11 Å². The molecule has 1 aromatic rings. The van der Waals surface area contributed by atoms with Crippen LogP contribution in [0.4, 0.5) is 0 Å². The molecule has 13 heavy (non-hydrogen) atoms. The Kier molecular flexibility index (Phi) is 2.56. The van der Waals surface area contributed by atoms with Gasteiger partial charge in [0.25, 0.3) is 0 Å². The zero-order chi connectivity index (χ0) is 9.26. The molecule has 1 aliphatic rings. The van der Waals surface area contributed by atoms with Gasteiger partial charge in [-0.15, -0.1) is 11.3 Å². The van der Waals surface area contributed by atoms with Crippen molar-refractivity contribution >= 4 is 11.3 Å². The molecule has 2 rings (SSSR count). The SMILES string of the molecule is Cc1scc(O)c1C1CCNCC1. The highest BCUT2D eigenvalue weighted by Gasteiger charge is 2.21. The molecule has 0 radical (unpaired) electrons. The lowest BCUT2D eigenvalue weighted by Gasteiger charge is -2.22. The van der Waals surface area contributed by atoms with Crippen LogP contribution in [0, 0.1) is 6.92 Å². The zero-order valence-electron chi connectivity index (χ0n) is 7.84. The predicted molar refractivity (Wildman–Crippen MR) is 55.6 cm³/mol. The van der Waals surface area contributed by atoms with Crippen molar-refractivity contribution in [2.45, 2.75) is 25.7 Å². The monoisotopic (exact) mass is 197 g/mol. The topological polar surface area (TPSA) is 32.3 Å². The molecular formula is C10H15NOS. The van der Waals surface area contributed by atoms with Crippen molar-refractivity contribution in [3.63, 3.8) is 0 Å². The van der Waals surface area contributed by atoms with Gasteiger partial charge >= 0.3 is 0 Å². The molecule has 0 saturated carbocycles. The third-order valence-corrected chi connectivity index (χ3v) is 3.66. The molecule has 0 aromatic carbocycles. The van der Waals surface area contributed by atoms with E-state index in [0.717, 1.165) is 25.9 Å². The summed E-state index contributed by atoms with van der Waals surface area (Å²) in [5.74, 6) is 1.09. The van der Waals surface area contributed by atoms with Gasteiger partial charge in [-0.05, 0) is 38.8 Å². The van der Waals surface area contributed by atoms with Crippen LogP contribution < -0.4 is 5.32 Å². The lowest BCUT2D eigenvalue weighted by Crippen LogP contribution is -2.26. The fraction of sp³-hybridized carbons (Fsp3) is 0.600. The van der Waals surface area contributed by atoms with Crippen molar-refractivity contribution in [1.29, 1.82) is 0 Å². The van der Waals surface area contributed by atoms with Crippen LogP contribution in [0.5, 0.6) is 5.75 Å². The standard InChI is InChI=1S/C10H15NOS/c1-7-10(9(12)6-13-7)8-2-4-11-5-3-8/h6,8,11-12H,2-5H2,1H3. The van der Waals surface area contributed by atoms with Crippen LogP contribution in [-0.2, 0) is 0 Å². The van der Waals surface area contributed by atoms with E-state index in [2.05, 4.69) is 12.2 Å². The third kappa shape index (κ3) is 1.71. The average molecular weight is 197 g/mol. The first-order chi connectivity index (χ1) is 6.29. The summed E-state index contributed by atoms with van der Waals surface area (Å²) in [6.07, 6.45) is 2.32. The molecule has 1 aliphatic heterocycles. The summed E-state index contributed by atoms with van der Waals surface area (Å²) in [6.45, 7) is 4.26. The summed E-state index contributed by atoms with van der Waals surface area (Å²) < 4.78 is 0. The Hall–Kier alpha value is -0.540. The molecule has 1 saturated heterocycles. The Morgan fingerprint density at radius 1 is 1.46 bits per heavy atom. The quantitative estimate of drug-likeness (QED) is 0.723. The van der Waals surface area contributed by atoms with Crippen molar-refractivity contribution < 1.29 is 5.11 Å². The summed E-state index contributed by atoms with van der Waals surface area (Å²) >= 11 is 1.65. The van der Waals surface area contributed by atoms with Crippen LogP contribution in [0.3, 0.4) is 0 Å². The van der Waals surface area contributed by atoms with Crippen molar-refractivity contribution in [3.8, 4) is 5.75 Å². The van der Waals surface area contributed by atoms with Gasteiger partial charge in [-0.1, -0.05) is 0 Å². The first kappa shape index (κ1) is 9.03. The molecule has 3 heteroatoms.